The summed E-state index contributed by atoms with van der Waals surface area (Å²) < 4.78 is 25.8. The summed E-state index contributed by atoms with van der Waals surface area (Å²) in [6.07, 6.45) is 3.27. The Kier molecular flexibility index (Phi) is 6.71. The van der Waals surface area contributed by atoms with E-state index >= 15 is 0 Å². The monoisotopic (exact) mass is 372 g/mol. The number of sulfonamides is 1. The van der Waals surface area contributed by atoms with Crippen molar-refractivity contribution >= 4 is 22.0 Å². The lowest BCUT2D eigenvalue weighted by Gasteiger charge is -2.10. The first-order chi connectivity index (χ1) is 12.3. The zero-order valence-electron chi connectivity index (χ0n) is 15.2. The van der Waals surface area contributed by atoms with Gasteiger partial charge in [-0.05, 0) is 49.2 Å². The third-order valence-electron chi connectivity index (χ3n) is 4.07. The van der Waals surface area contributed by atoms with Crippen molar-refractivity contribution in [2.75, 3.05) is 7.05 Å². The summed E-state index contributed by atoms with van der Waals surface area (Å²) in [5.41, 5.74) is 4.72. The highest BCUT2D eigenvalue weighted by molar-refractivity contribution is 7.88. The van der Waals surface area contributed by atoms with E-state index in [4.69, 9.17) is 0 Å². The zero-order chi connectivity index (χ0) is 19.2. The van der Waals surface area contributed by atoms with E-state index in [0.29, 0.717) is 5.56 Å². The molecule has 5 nitrogen and oxygen atoms in total. The van der Waals surface area contributed by atoms with Gasteiger partial charge in [0.25, 0.3) is 0 Å². The van der Waals surface area contributed by atoms with E-state index in [1.165, 1.54) is 18.7 Å². The second-order valence-electron chi connectivity index (χ2n) is 6.14. The second kappa shape index (κ2) is 8.78. The van der Waals surface area contributed by atoms with Crippen LogP contribution in [0.1, 0.15) is 27.8 Å². The lowest BCUT2D eigenvalue weighted by molar-refractivity contribution is -0.116. The van der Waals surface area contributed by atoms with Crippen LogP contribution in [0.2, 0.25) is 0 Å². The molecule has 138 valence electrons. The highest BCUT2D eigenvalue weighted by atomic mass is 32.2. The van der Waals surface area contributed by atoms with Crippen LogP contribution in [-0.2, 0) is 27.1 Å². The van der Waals surface area contributed by atoms with Gasteiger partial charge in [0.15, 0.2) is 0 Å². The Labute approximate surface area is 155 Å². The average Bonchev–Trinajstić information content (AvgIpc) is 2.60. The average molecular weight is 372 g/mol. The quantitative estimate of drug-likeness (QED) is 0.734. The first-order valence-corrected chi connectivity index (χ1v) is 9.97. The highest BCUT2D eigenvalue weighted by Gasteiger charge is 2.12. The van der Waals surface area contributed by atoms with Gasteiger partial charge in [0, 0.05) is 12.6 Å². The number of carbonyl (C=O) groups is 1. The van der Waals surface area contributed by atoms with E-state index in [-0.39, 0.29) is 18.2 Å². The van der Waals surface area contributed by atoms with Crippen molar-refractivity contribution in [1.82, 2.24) is 10.0 Å². The molecule has 6 heteroatoms. The second-order valence-corrected chi connectivity index (χ2v) is 8.07. The van der Waals surface area contributed by atoms with Crippen molar-refractivity contribution in [3.05, 3.63) is 76.4 Å². The van der Waals surface area contributed by atoms with E-state index < -0.39 is 10.0 Å². The van der Waals surface area contributed by atoms with Gasteiger partial charge in [-0.2, -0.15) is 0 Å². The first kappa shape index (κ1) is 19.9. The third kappa shape index (κ3) is 5.82. The fraction of sp³-hybridized carbons (Fsp3) is 0.250. The van der Waals surface area contributed by atoms with E-state index in [9.17, 15) is 13.2 Å². The van der Waals surface area contributed by atoms with Crippen LogP contribution in [-0.4, -0.2) is 21.4 Å². The molecule has 2 rings (SSSR count). The van der Waals surface area contributed by atoms with Gasteiger partial charge in [-0.3, -0.25) is 4.79 Å². The van der Waals surface area contributed by atoms with Crippen molar-refractivity contribution in [3.63, 3.8) is 0 Å². The molecule has 0 heterocycles. The first-order valence-electron chi connectivity index (χ1n) is 8.32. The zero-order valence-corrected chi connectivity index (χ0v) is 16.1. The van der Waals surface area contributed by atoms with Crippen LogP contribution < -0.4 is 10.0 Å². The minimum Gasteiger partial charge on any atom is -0.348 e. The lowest BCUT2D eigenvalue weighted by atomic mass is 10.1. The summed E-state index contributed by atoms with van der Waals surface area (Å²) in [6, 6.07) is 13.2. The summed E-state index contributed by atoms with van der Waals surface area (Å²) in [5, 5.41) is 2.80. The molecule has 2 aromatic carbocycles. The molecule has 0 bridgehead atoms. The minimum absolute atomic E-state index is 0.117. The molecule has 0 fully saturated rings. The van der Waals surface area contributed by atoms with Gasteiger partial charge in [-0.1, -0.05) is 48.0 Å². The van der Waals surface area contributed by atoms with Gasteiger partial charge < -0.3 is 5.32 Å². The Morgan fingerprint density at radius 3 is 2.42 bits per heavy atom. The van der Waals surface area contributed by atoms with Crippen LogP contribution in [0.5, 0.6) is 0 Å². The molecule has 0 radical (unpaired) electrons. The van der Waals surface area contributed by atoms with Crippen molar-refractivity contribution in [1.29, 1.82) is 0 Å². The number of hydrogen-bond acceptors (Lipinski definition) is 3. The number of benzene rings is 2. The van der Waals surface area contributed by atoms with E-state index in [1.54, 1.807) is 18.2 Å². The Morgan fingerprint density at radius 1 is 1.08 bits per heavy atom. The smallest absolute Gasteiger partial charge is 0.244 e. The number of carbonyl (C=O) groups excluding carboxylic acids is 1. The fourth-order valence-electron chi connectivity index (χ4n) is 2.57. The van der Waals surface area contributed by atoms with Crippen LogP contribution >= 0.6 is 0 Å². The van der Waals surface area contributed by atoms with E-state index in [0.717, 1.165) is 16.7 Å². The van der Waals surface area contributed by atoms with Crippen LogP contribution in [0.25, 0.3) is 6.08 Å². The topological polar surface area (TPSA) is 75.3 Å². The van der Waals surface area contributed by atoms with Crippen molar-refractivity contribution in [3.8, 4) is 0 Å². The standard InChI is InChI=1S/C20H24N2O3S/c1-15-8-9-17(16(2)12-15)10-11-20(23)22-13-18-6-4-5-7-19(18)14-26(24,25)21-3/h4-12,21H,13-14H2,1-3H3,(H,22,23). The van der Waals surface area contributed by atoms with Crippen LogP contribution in [0.3, 0.4) is 0 Å². The molecule has 2 aromatic rings. The van der Waals surface area contributed by atoms with Gasteiger partial charge in [-0.25, -0.2) is 13.1 Å². The molecule has 0 aromatic heterocycles. The minimum atomic E-state index is -3.36. The largest absolute Gasteiger partial charge is 0.348 e. The molecule has 2 N–H and O–H groups in total. The van der Waals surface area contributed by atoms with E-state index in [1.807, 2.05) is 38.1 Å². The summed E-state index contributed by atoms with van der Waals surface area (Å²) in [4.78, 5) is 12.1. The Morgan fingerprint density at radius 2 is 1.77 bits per heavy atom. The molecule has 0 aliphatic heterocycles. The molecule has 26 heavy (non-hydrogen) atoms. The number of rotatable bonds is 7. The molecule has 0 saturated carbocycles. The molecule has 1 amide bonds. The Balaban J connectivity index is 2.02. The molecule has 0 spiro atoms. The van der Waals surface area contributed by atoms with Crippen molar-refractivity contribution < 1.29 is 13.2 Å². The predicted octanol–water partition coefficient (Wildman–Crippen LogP) is 2.68. The molecule has 0 unspecified atom stereocenters. The molecule has 0 aliphatic carbocycles. The van der Waals surface area contributed by atoms with Crippen molar-refractivity contribution in [2.45, 2.75) is 26.1 Å². The summed E-state index contributed by atoms with van der Waals surface area (Å²) in [6.45, 7) is 4.30. The SMILES string of the molecule is CNS(=O)(=O)Cc1ccccc1CNC(=O)C=Cc1ccc(C)cc1C. The summed E-state index contributed by atoms with van der Waals surface area (Å²) in [5.74, 6) is -0.343. The summed E-state index contributed by atoms with van der Waals surface area (Å²) in [7, 11) is -1.98. The third-order valence-corrected chi connectivity index (χ3v) is 5.38. The molecule has 0 atom stereocenters. The van der Waals surface area contributed by atoms with Crippen LogP contribution in [0.15, 0.2) is 48.5 Å². The van der Waals surface area contributed by atoms with Gasteiger partial charge in [-0.15, -0.1) is 0 Å². The Bertz CT molecular complexity index is 918. The van der Waals surface area contributed by atoms with Gasteiger partial charge in [0.2, 0.25) is 15.9 Å². The van der Waals surface area contributed by atoms with Crippen LogP contribution in [0.4, 0.5) is 0 Å². The van der Waals surface area contributed by atoms with Gasteiger partial charge in [0.1, 0.15) is 0 Å². The molecular weight excluding hydrogens is 348 g/mol. The molecule has 0 saturated heterocycles. The predicted molar refractivity (Wildman–Crippen MR) is 105 cm³/mol. The van der Waals surface area contributed by atoms with Crippen LogP contribution in [0, 0.1) is 13.8 Å². The van der Waals surface area contributed by atoms with Gasteiger partial charge in [0.05, 0.1) is 5.75 Å². The van der Waals surface area contributed by atoms with Gasteiger partial charge >= 0.3 is 0 Å². The summed E-state index contributed by atoms with van der Waals surface area (Å²) >= 11 is 0. The number of aryl methyl sites for hydroxylation is 2. The highest BCUT2D eigenvalue weighted by Crippen LogP contribution is 2.13. The number of nitrogens with one attached hydrogen (secondary N) is 2. The molecule has 0 aliphatic rings. The lowest BCUT2D eigenvalue weighted by Crippen LogP contribution is -2.24. The maximum absolute atomic E-state index is 12.1. The number of hydrogen-bond donors (Lipinski definition) is 2. The number of amides is 1. The maximum Gasteiger partial charge on any atom is 0.244 e. The normalized spacial score (nSPS) is 11.7. The maximum atomic E-state index is 12.1. The molecular formula is C20H24N2O3S. The Hall–Kier alpha value is -2.44. The van der Waals surface area contributed by atoms with Crippen molar-refractivity contribution in [2.24, 2.45) is 0 Å². The fourth-order valence-corrected chi connectivity index (χ4v) is 3.40. The van der Waals surface area contributed by atoms with E-state index in [2.05, 4.69) is 16.1 Å².